The highest BCUT2D eigenvalue weighted by Crippen LogP contribution is 2.03. The second-order valence-corrected chi connectivity index (χ2v) is 3.57. The first-order chi connectivity index (χ1) is 7.79. The Morgan fingerprint density at radius 3 is 2.31 bits per heavy atom. The molecule has 1 saturated heterocycles. The van der Waals surface area contributed by atoms with Crippen molar-refractivity contribution in [1.29, 1.82) is 0 Å². The Hall–Kier alpha value is -1.55. The lowest BCUT2D eigenvalue weighted by atomic mass is 10.3. The Kier molecular flexibility index (Phi) is 6.03. The molecule has 1 aliphatic rings. The van der Waals surface area contributed by atoms with Crippen LogP contribution in [0.2, 0.25) is 0 Å². The van der Waals surface area contributed by atoms with E-state index in [0.717, 1.165) is 5.69 Å². The summed E-state index contributed by atoms with van der Waals surface area (Å²) in [4.78, 5) is 10.1. The first kappa shape index (κ1) is 12.5. The third kappa shape index (κ3) is 6.03. The number of benzene rings is 1. The smallest absolute Gasteiger partial charge is 0.322 e. The standard InChI is InChI=1S/C8H9NO2.C4H9N/c10-8(11)6-9-7-4-2-1-3-5-7;1-2-4-5-3-1/h1-5,9H,6H2,(H,10,11);5H,1-4H2. The molecule has 0 atom stereocenters. The van der Waals surface area contributed by atoms with Gasteiger partial charge in [0.25, 0.3) is 0 Å². The monoisotopic (exact) mass is 222 g/mol. The predicted molar refractivity (Wildman–Crippen MR) is 64.7 cm³/mol. The molecule has 0 aromatic heterocycles. The number of para-hydroxylation sites is 1. The molecule has 1 aromatic rings. The molecule has 0 radical (unpaired) electrons. The SMILES string of the molecule is C1CCNC1.O=C(O)CNc1ccccc1. The molecule has 0 amide bonds. The van der Waals surface area contributed by atoms with E-state index in [-0.39, 0.29) is 6.54 Å². The van der Waals surface area contributed by atoms with Crippen molar-refractivity contribution in [2.45, 2.75) is 12.8 Å². The number of anilines is 1. The normalized spacial score (nSPS) is 13.8. The summed E-state index contributed by atoms with van der Waals surface area (Å²) in [5.41, 5.74) is 0.829. The van der Waals surface area contributed by atoms with E-state index < -0.39 is 5.97 Å². The van der Waals surface area contributed by atoms with Crippen LogP contribution in [0.1, 0.15) is 12.8 Å². The first-order valence-electron chi connectivity index (χ1n) is 5.50. The summed E-state index contributed by atoms with van der Waals surface area (Å²) in [5.74, 6) is -0.853. The third-order valence-electron chi connectivity index (χ3n) is 2.17. The number of nitrogens with one attached hydrogen (secondary N) is 2. The summed E-state index contributed by atoms with van der Waals surface area (Å²) >= 11 is 0. The van der Waals surface area contributed by atoms with Gasteiger partial charge in [-0.15, -0.1) is 0 Å². The number of hydrogen-bond acceptors (Lipinski definition) is 3. The summed E-state index contributed by atoms with van der Waals surface area (Å²) in [6.45, 7) is 2.46. The van der Waals surface area contributed by atoms with Gasteiger partial charge in [-0.1, -0.05) is 18.2 Å². The van der Waals surface area contributed by atoms with Gasteiger partial charge in [0.1, 0.15) is 6.54 Å². The molecule has 1 aliphatic heterocycles. The molecular formula is C12H18N2O2. The highest BCUT2D eigenvalue weighted by molar-refractivity contribution is 5.72. The average Bonchev–Trinajstić information content (AvgIpc) is 2.86. The van der Waals surface area contributed by atoms with Crippen LogP contribution in [0.5, 0.6) is 0 Å². The number of carboxylic acid groups (broad SMARTS) is 1. The van der Waals surface area contributed by atoms with Crippen LogP contribution >= 0.6 is 0 Å². The van der Waals surface area contributed by atoms with Gasteiger partial charge in [0.05, 0.1) is 0 Å². The molecule has 88 valence electrons. The number of rotatable bonds is 3. The fraction of sp³-hybridized carbons (Fsp3) is 0.417. The number of aliphatic carboxylic acids is 1. The Balaban J connectivity index is 0.000000212. The van der Waals surface area contributed by atoms with E-state index in [4.69, 9.17) is 5.11 Å². The van der Waals surface area contributed by atoms with Crippen LogP contribution in [0.25, 0.3) is 0 Å². The van der Waals surface area contributed by atoms with E-state index in [1.807, 2.05) is 30.3 Å². The minimum absolute atomic E-state index is 0.0377. The van der Waals surface area contributed by atoms with Crippen molar-refractivity contribution in [2.75, 3.05) is 25.0 Å². The van der Waals surface area contributed by atoms with Gasteiger partial charge in [-0.05, 0) is 38.1 Å². The van der Waals surface area contributed by atoms with Gasteiger partial charge in [0, 0.05) is 5.69 Å². The van der Waals surface area contributed by atoms with Crippen LogP contribution in [-0.2, 0) is 4.79 Å². The largest absolute Gasteiger partial charge is 0.480 e. The Morgan fingerprint density at radius 2 is 1.88 bits per heavy atom. The van der Waals surface area contributed by atoms with Gasteiger partial charge < -0.3 is 15.7 Å². The van der Waals surface area contributed by atoms with Crippen molar-refractivity contribution in [1.82, 2.24) is 5.32 Å². The van der Waals surface area contributed by atoms with Crippen molar-refractivity contribution in [3.8, 4) is 0 Å². The molecule has 1 heterocycles. The second kappa shape index (κ2) is 7.70. The zero-order valence-electron chi connectivity index (χ0n) is 9.28. The molecule has 0 bridgehead atoms. The van der Waals surface area contributed by atoms with E-state index in [9.17, 15) is 4.79 Å². The Labute approximate surface area is 95.7 Å². The fourth-order valence-electron chi connectivity index (χ4n) is 1.36. The maximum Gasteiger partial charge on any atom is 0.322 e. The van der Waals surface area contributed by atoms with Gasteiger partial charge in [0.2, 0.25) is 0 Å². The average molecular weight is 222 g/mol. The lowest BCUT2D eigenvalue weighted by Gasteiger charge is -2.00. The van der Waals surface area contributed by atoms with Gasteiger partial charge in [-0.2, -0.15) is 0 Å². The van der Waals surface area contributed by atoms with Crippen LogP contribution in [-0.4, -0.2) is 30.7 Å². The zero-order valence-corrected chi connectivity index (χ0v) is 9.28. The lowest BCUT2D eigenvalue weighted by molar-refractivity contribution is -0.134. The van der Waals surface area contributed by atoms with E-state index >= 15 is 0 Å². The lowest BCUT2D eigenvalue weighted by Crippen LogP contribution is -2.11. The van der Waals surface area contributed by atoms with Gasteiger partial charge in [-0.3, -0.25) is 4.79 Å². The molecule has 2 rings (SSSR count). The maximum atomic E-state index is 10.1. The topological polar surface area (TPSA) is 61.4 Å². The fourth-order valence-corrected chi connectivity index (χ4v) is 1.36. The third-order valence-corrected chi connectivity index (χ3v) is 2.17. The number of carboxylic acids is 1. The minimum atomic E-state index is -0.853. The molecule has 16 heavy (non-hydrogen) atoms. The van der Waals surface area contributed by atoms with E-state index in [1.54, 1.807) is 0 Å². The van der Waals surface area contributed by atoms with Gasteiger partial charge >= 0.3 is 5.97 Å². The van der Waals surface area contributed by atoms with Crippen molar-refractivity contribution in [3.63, 3.8) is 0 Å². The van der Waals surface area contributed by atoms with Crippen LogP contribution in [0.3, 0.4) is 0 Å². The minimum Gasteiger partial charge on any atom is -0.480 e. The number of hydrogen-bond donors (Lipinski definition) is 3. The molecule has 0 saturated carbocycles. The molecule has 1 aromatic carbocycles. The van der Waals surface area contributed by atoms with Crippen LogP contribution in [0.15, 0.2) is 30.3 Å². The van der Waals surface area contributed by atoms with Crippen molar-refractivity contribution >= 4 is 11.7 Å². The van der Waals surface area contributed by atoms with Gasteiger partial charge in [-0.25, -0.2) is 0 Å². The quantitative estimate of drug-likeness (QED) is 0.726. The molecule has 0 aliphatic carbocycles. The first-order valence-corrected chi connectivity index (χ1v) is 5.50. The van der Waals surface area contributed by atoms with Crippen LogP contribution in [0.4, 0.5) is 5.69 Å². The molecule has 0 spiro atoms. The number of carbonyl (C=O) groups is 1. The highest BCUT2D eigenvalue weighted by Gasteiger charge is 1.94. The summed E-state index contributed by atoms with van der Waals surface area (Å²) < 4.78 is 0. The Bertz CT molecular complexity index is 290. The molecule has 0 unspecified atom stereocenters. The molecular weight excluding hydrogens is 204 g/mol. The van der Waals surface area contributed by atoms with Crippen molar-refractivity contribution in [3.05, 3.63) is 30.3 Å². The maximum absolute atomic E-state index is 10.1. The van der Waals surface area contributed by atoms with Crippen LogP contribution in [0, 0.1) is 0 Å². The van der Waals surface area contributed by atoms with Gasteiger partial charge in [0.15, 0.2) is 0 Å². The zero-order chi connectivity index (χ0) is 11.6. The summed E-state index contributed by atoms with van der Waals surface area (Å²) in [7, 11) is 0. The summed E-state index contributed by atoms with van der Waals surface area (Å²) in [6, 6.07) is 9.23. The predicted octanol–water partition coefficient (Wildman–Crippen LogP) is 1.55. The van der Waals surface area contributed by atoms with E-state index in [2.05, 4.69) is 10.6 Å². The van der Waals surface area contributed by atoms with E-state index in [1.165, 1.54) is 25.9 Å². The van der Waals surface area contributed by atoms with Crippen molar-refractivity contribution < 1.29 is 9.90 Å². The summed E-state index contributed by atoms with van der Waals surface area (Å²) in [5, 5.41) is 14.3. The molecule has 1 fully saturated rings. The van der Waals surface area contributed by atoms with Crippen LogP contribution < -0.4 is 10.6 Å². The molecule has 3 N–H and O–H groups in total. The Morgan fingerprint density at radius 1 is 1.25 bits per heavy atom. The highest BCUT2D eigenvalue weighted by atomic mass is 16.4. The van der Waals surface area contributed by atoms with Crippen molar-refractivity contribution in [2.24, 2.45) is 0 Å². The molecule has 4 heteroatoms. The molecule has 4 nitrogen and oxygen atoms in total. The summed E-state index contributed by atoms with van der Waals surface area (Å²) in [6.07, 6.45) is 2.78. The van der Waals surface area contributed by atoms with E-state index in [0.29, 0.717) is 0 Å². The second-order valence-electron chi connectivity index (χ2n) is 3.57.